The van der Waals surface area contributed by atoms with Crippen LogP contribution in [0.5, 0.6) is 0 Å². The van der Waals surface area contributed by atoms with Gasteiger partial charge < -0.3 is 21.1 Å². The van der Waals surface area contributed by atoms with Crippen molar-refractivity contribution in [1.29, 1.82) is 0 Å². The van der Waals surface area contributed by atoms with Gasteiger partial charge in [-0.1, -0.05) is 0 Å². The predicted molar refractivity (Wildman–Crippen MR) is 74.1 cm³/mol. The molecule has 0 unspecified atom stereocenters. The van der Waals surface area contributed by atoms with Crippen molar-refractivity contribution in [3.63, 3.8) is 0 Å². The van der Waals surface area contributed by atoms with E-state index in [1.165, 1.54) is 24.3 Å². The van der Waals surface area contributed by atoms with Crippen molar-refractivity contribution in [2.24, 2.45) is 0 Å². The Balaban J connectivity index is 2.48. The molecule has 1 aromatic rings. The molecule has 0 radical (unpaired) electrons. The maximum Gasteiger partial charge on any atom is 0.405 e. The lowest BCUT2D eigenvalue weighted by Crippen LogP contribution is -2.33. The van der Waals surface area contributed by atoms with Crippen molar-refractivity contribution >= 4 is 23.6 Å². The third-order valence-electron chi connectivity index (χ3n) is 2.48. The number of hydrogen-bond acceptors (Lipinski definition) is 3. The van der Waals surface area contributed by atoms with Crippen LogP contribution in [0.4, 0.5) is 23.7 Å². The van der Waals surface area contributed by atoms with Gasteiger partial charge in [-0.15, -0.1) is 0 Å². The van der Waals surface area contributed by atoms with Crippen LogP contribution in [0.2, 0.25) is 0 Å². The number of carbonyl (C=O) groups excluding carboxylic acids is 2. The molecule has 1 rings (SSSR count). The molecule has 0 aromatic heterocycles. The van der Waals surface area contributed by atoms with Gasteiger partial charge in [0.05, 0.1) is 6.42 Å². The number of halogens is 3. The summed E-state index contributed by atoms with van der Waals surface area (Å²) in [5, 5.41) is 14.8. The summed E-state index contributed by atoms with van der Waals surface area (Å²) in [6.07, 6.45) is -4.73. The number of urea groups is 1. The van der Waals surface area contributed by atoms with Crippen molar-refractivity contribution in [1.82, 2.24) is 10.6 Å². The zero-order valence-electron chi connectivity index (χ0n) is 11.7. The first-order valence-electron chi connectivity index (χ1n) is 6.39. The molecular formula is C13H14F3N3O4. The van der Waals surface area contributed by atoms with E-state index in [4.69, 9.17) is 5.11 Å². The predicted octanol–water partition coefficient (Wildman–Crippen LogP) is 1.57. The molecule has 0 spiro atoms. The zero-order valence-corrected chi connectivity index (χ0v) is 11.7. The third kappa shape index (κ3) is 7.69. The first-order valence-corrected chi connectivity index (χ1v) is 6.39. The molecule has 1 aromatic carbocycles. The summed E-state index contributed by atoms with van der Waals surface area (Å²) in [5.74, 6) is -1.95. The van der Waals surface area contributed by atoms with Crippen LogP contribution < -0.4 is 16.0 Å². The fourth-order valence-electron chi connectivity index (χ4n) is 1.45. The Morgan fingerprint density at radius 1 is 1.04 bits per heavy atom. The Bertz CT molecular complexity index is 573. The van der Waals surface area contributed by atoms with E-state index in [9.17, 15) is 27.6 Å². The summed E-state index contributed by atoms with van der Waals surface area (Å²) in [5.41, 5.74) is 0.302. The van der Waals surface area contributed by atoms with Crippen LogP contribution in [0.25, 0.3) is 0 Å². The molecule has 0 saturated heterocycles. The normalized spacial score (nSPS) is 10.7. The van der Waals surface area contributed by atoms with Gasteiger partial charge in [0.15, 0.2) is 0 Å². The lowest BCUT2D eigenvalue weighted by atomic mass is 10.2. The molecule has 0 aliphatic rings. The second kappa shape index (κ2) is 8.01. The lowest BCUT2D eigenvalue weighted by Gasteiger charge is -2.09. The minimum atomic E-state index is -4.49. The van der Waals surface area contributed by atoms with Gasteiger partial charge in [0.25, 0.3) is 5.91 Å². The Labute approximate surface area is 128 Å². The Morgan fingerprint density at radius 2 is 1.65 bits per heavy atom. The van der Waals surface area contributed by atoms with Crippen molar-refractivity contribution in [3.8, 4) is 0 Å². The van der Waals surface area contributed by atoms with Gasteiger partial charge in [-0.05, 0) is 24.3 Å². The van der Waals surface area contributed by atoms with Crippen LogP contribution in [-0.4, -0.2) is 42.3 Å². The first kappa shape index (κ1) is 18.3. The average Bonchev–Trinajstić information content (AvgIpc) is 2.44. The molecule has 10 heteroatoms. The van der Waals surface area contributed by atoms with Gasteiger partial charge in [0, 0.05) is 17.8 Å². The maximum atomic E-state index is 12.0. The highest BCUT2D eigenvalue weighted by Crippen LogP contribution is 2.13. The molecule has 7 nitrogen and oxygen atoms in total. The van der Waals surface area contributed by atoms with Crippen molar-refractivity contribution in [2.75, 3.05) is 18.4 Å². The largest absolute Gasteiger partial charge is 0.481 e. The number of anilines is 1. The quantitative estimate of drug-likeness (QED) is 0.634. The molecule has 126 valence electrons. The number of hydrogen-bond donors (Lipinski definition) is 4. The van der Waals surface area contributed by atoms with Crippen LogP contribution in [-0.2, 0) is 4.79 Å². The fraction of sp³-hybridized carbons (Fsp3) is 0.308. The molecule has 0 saturated carbocycles. The molecule has 0 aliphatic carbocycles. The molecule has 3 amide bonds. The Hall–Kier alpha value is -2.78. The molecule has 0 heterocycles. The Morgan fingerprint density at radius 3 is 2.17 bits per heavy atom. The highest BCUT2D eigenvalue weighted by atomic mass is 19.4. The molecular weight excluding hydrogens is 319 g/mol. The minimum absolute atomic E-state index is 0.00563. The van der Waals surface area contributed by atoms with Gasteiger partial charge in [-0.25, -0.2) is 4.79 Å². The van der Waals surface area contributed by atoms with Crippen molar-refractivity contribution in [3.05, 3.63) is 29.8 Å². The molecule has 0 bridgehead atoms. The number of alkyl halides is 3. The topological polar surface area (TPSA) is 108 Å². The second-order valence-corrected chi connectivity index (χ2v) is 4.40. The number of benzene rings is 1. The van der Waals surface area contributed by atoms with E-state index in [2.05, 4.69) is 10.6 Å². The monoisotopic (exact) mass is 333 g/mol. The SMILES string of the molecule is O=C(O)CCNC(=O)Nc1ccc(C(=O)NCC(F)(F)F)cc1. The van der Waals surface area contributed by atoms with Crippen LogP contribution in [0.15, 0.2) is 24.3 Å². The number of aliphatic carboxylic acids is 1. The van der Waals surface area contributed by atoms with Crippen molar-refractivity contribution < 1.29 is 32.7 Å². The molecule has 23 heavy (non-hydrogen) atoms. The molecule has 0 fully saturated rings. The van der Waals surface area contributed by atoms with E-state index in [0.29, 0.717) is 5.69 Å². The zero-order chi connectivity index (χ0) is 17.5. The number of rotatable bonds is 6. The van der Waals surface area contributed by atoms with Crippen LogP contribution in [0.3, 0.4) is 0 Å². The van der Waals surface area contributed by atoms with E-state index in [1.807, 2.05) is 0 Å². The van der Waals surface area contributed by atoms with Crippen molar-refractivity contribution in [2.45, 2.75) is 12.6 Å². The summed E-state index contributed by atoms with van der Waals surface area (Å²) >= 11 is 0. The molecule has 0 aliphatic heterocycles. The number of nitrogens with one attached hydrogen (secondary N) is 3. The maximum absolute atomic E-state index is 12.0. The van der Waals surface area contributed by atoms with E-state index < -0.39 is 30.6 Å². The van der Waals surface area contributed by atoms with E-state index in [-0.39, 0.29) is 18.5 Å². The second-order valence-electron chi connectivity index (χ2n) is 4.40. The smallest absolute Gasteiger partial charge is 0.405 e. The third-order valence-corrected chi connectivity index (χ3v) is 2.48. The minimum Gasteiger partial charge on any atom is -0.481 e. The summed E-state index contributed by atoms with van der Waals surface area (Å²) in [6.45, 7) is -1.49. The number of carboxylic acids is 1. The number of carbonyl (C=O) groups is 3. The first-order chi connectivity index (χ1) is 10.7. The van der Waals surface area contributed by atoms with Crippen LogP contribution >= 0.6 is 0 Å². The van der Waals surface area contributed by atoms with E-state index >= 15 is 0 Å². The average molecular weight is 333 g/mol. The van der Waals surface area contributed by atoms with Gasteiger partial charge in [-0.2, -0.15) is 13.2 Å². The van der Waals surface area contributed by atoms with Gasteiger partial charge in [0.2, 0.25) is 0 Å². The van der Waals surface area contributed by atoms with Crippen LogP contribution in [0, 0.1) is 0 Å². The summed E-state index contributed by atoms with van der Waals surface area (Å²) < 4.78 is 36.0. The number of carboxylic acid groups (broad SMARTS) is 1. The highest BCUT2D eigenvalue weighted by molar-refractivity contribution is 5.95. The van der Waals surface area contributed by atoms with Gasteiger partial charge in [-0.3, -0.25) is 9.59 Å². The summed E-state index contributed by atoms with van der Waals surface area (Å²) in [6, 6.07) is 4.52. The summed E-state index contributed by atoms with van der Waals surface area (Å²) in [4.78, 5) is 33.1. The van der Waals surface area contributed by atoms with Gasteiger partial charge >= 0.3 is 18.2 Å². The lowest BCUT2D eigenvalue weighted by molar-refractivity contribution is -0.136. The van der Waals surface area contributed by atoms with E-state index in [0.717, 1.165) is 0 Å². The Kier molecular flexibility index (Phi) is 6.36. The molecule has 0 atom stereocenters. The van der Waals surface area contributed by atoms with E-state index in [1.54, 1.807) is 5.32 Å². The molecule has 4 N–H and O–H groups in total. The fourth-order valence-corrected chi connectivity index (χ4v) is 1.45. The van der Waals surface area contributed by atoms with Crippen LogP contribution in [0.1, 0.15) is 16.8 Å². The number of amides is 3. The summed E-state index contributed by atoms with van der Waals surface area (Å²) in [7, 11) is 0. The highest BCUT2D eigenvalue weighted by Gasteiger charge is 2.27. The standard InChI is InChI=1S/C13H14F3N3O4/c14-13(15,16)7-18-11(22)8-1-3-9(4-2-8)19-12(23)17-6-5-10(20)21/h1-4H,5-7H2,(H,18,22)(H,20,21)(H2,17,19,23). The van der Waals surface area contributed by atoms with Gasteiger partial charge in [0.1, 0.15) is 6.54 Å².